The zero-order valence-electron chi connectivity index (χ0n) is 10.8. The fraction of sp³-hybridized carbons (Fsp3) is 0.462. The summed E-state index contributed by atoms with van der Waals surface area (Å²) >= 11 is 0. The van der Waals surface area contributed by atoms with Crippen molar-refractivity contribution in [3.63, 3.8) is 0 Å². The minimum atomic E-state index is -4.15. The van der Waals surface area contributed by atoms with Crippen LogP contribution in [-0.4, -0.2) is 30.3 Å². The van der Waals surface area contributed by atoms with Crippen molar-refractivity contribution in [1.29, 1.82) is 0 Å². The molecule has 0 bridgehead atoms. The first-order chi connectivity index (χ1) is 9.41. The molecule has 1 aliphatic heterocycles. The van der Waals surface area contributed by atoms with Gasteiger partial charge in [-0.1, -0.05) is 5.16 Å². The third-order valence-corrected chi connectivity index (χ3v) is 3.52. The van der Waals surface area contributed by atoms with E-state index in [2.05, 4.69) is 5.16 Å². The zero-order chi connectivity index (χ0) is 14.8. The standard InChI is InChI=1S/C13H16F3N3O/c14-13(15,16)10-2-1-7-19(8-10)11-5-3-9(4-6-11)12(17)18-20/h3-6,10,20H,1-2,7-8H2,(H2,17,18). The van der Waals surface area contributed by atoms with Crippen molar-refractivity contribution < 1.29 is 18.4 Å². The Morgan fingerprint density at radius 1 is 1.30 bits per heavy atom. The highest BCUT2D eigenvalue weighted by Crippen LogP contribution is 2.34. The van der Waals surface area contributed by atoms with Gasteiger partial charge >= 0.3 is 6.18 Å². The van der Waals surface area contributed by atoms with E-state index < -0.39 is 12.1 Å². The van der Waals surface area contributed by atoms with E-state index >= 15 is 0 Å². The first-order valence-corrected chi connectivity index (χ1v) is 6.31. The van der Waals surface area contributed by atoms with Crippen molar-refractivity contribution in [1.82, 2.24) is 0 Å². The quantitative estimate of drug-likeness (QED) is 0.380. The predicted octanol–water partition coefficient (Wildman–Crippen LogP) is 2.56. The molecule has 110 valence electrons. The van der Waals surface area contributed by atoms with Gasteiger partial charge in [0.1, 0.15) is 0 Å². The molecule has 3 N–H and O–H groups in total. The van der Waals surface area contributed by atoms with E-state index in [9.17, 15) is 13.2 Å². The van der Waals surface area contributed by atoms with E-state index in [-0.39, 0.29) is 18.8 Å². The van der Waals surface area contributed by atoms with Crippen molar-refractivity contribution in [2.24, 2.45) is 16.8 Å². The smallest absolute Gasteiger partial charge is 0.393 e. The molecule has 1 fully saturated rings. The number of hydrogen-bond donors (Lipinski definition) is 2. The average molecular weight is 287 g/mol. The Labute approximate surface area is 114 Å². The van der Waals surface area contributed by atoms with E-state index in [4.69, 9.17) is 10.9 Å². The Morgan fingerprint density at radius 3 is 2.50 bits per heavy atom. The highest BCUT2D eigenvalue weighted by Gasteiger charge is 2.41. The summed E-state index contributed by atoms with van der Waals surface area (Å²) in [5.74, 6) is -1.30. The van der Waals surface area contributed by atoms with Crippen molar-refractivity contribution >= 4 is 11.5 Å². The van der Waals surface area contributed by atoms with Crippen LogP contribution in [-0.2, 0) is 0 Å². The minimum absolute atomic E-state index is 0.0214. The number of nitrogens with two attached hydrogens (primary N) is 1. The second-order valence-electron chi connectivity index (χ2n) is 4.86. The van der Waals surface area contributed by atoms with Gasteiger partial charge in [-0.3, -0.25) is 0 Å². The molecule has 0 radical (unpaired) electrons. The number of alkyl halides is 3. The van der Waals surface area contributed by atoms with Gasteiger partial charge in [-0.2, -0.15) is 13.2 Å². The first-order valence-electron chi connectivity index (χ1n) is 6.31. The number of halogens is 3. The molecule has 1 unspecified atom stereocenters. The molecule has 7 heteroatoms. The van der Waals surface area contributed by atoms with Crippen LogP contribution in [0.4, 0.5) is 18.9 Å². The Bertz CT molecular complexity index is 485. The van der Waals surface area contributed by atoms with Crippen LogP contribution in [0.25, 0.3) is 0 Å². The van der Waals surface area contributed by atoms with Crippen LogP contribution >= 0.6 is 0 Å². The third-order valence-electron chi connectivity index (χ3n) is 3.52. The van der Waals surface area contributed by atoms with E-state index in [0.29, 0.717) is 24.2 Å². The molecule has 4 nitrogen and oxygen atoms in total. The molecule has 1 aromatic rings. The normalized spacial score (nSPS) is 21.1. The van der Waals surface area contributed by atoms with Gasteiger partial charge in [-0.25, -0.2) is 0 Å². The maximum Gasteiger partial charge on any atom is 0.393 e. The van der Waals surface area contributed by atoms with Gasteiger partial charge in [0.05, 0.1) is 5.92 Å². The molecule has 0 aromatic heterocycles. The van der Waals surface area contributed by atoms with Crippen LogP contribution in [0, 0.1) is 5.92 Å². The summed E-state index contributed by atoms with van der Waals surface area (Å²) in [6.07, 6.45) is -3.44. The molecule has 2 rings (SSSR count). The lowest BCUT2D eigenvalue weighted by Gasteiger charge is -2.35. The van der Waals surface area contributed by atoms with E-state index in [1.54, 1.807) is 29.2 Å². The number of amidine groups is 1. The Hall–Kier alpha value is -1.92. The first kappa shape index (κ1) is 14.5. The SMILES string of the molecule is NC(=NO)c1ccc(N2CCCC(C(F)(F)F)C2)cc1. The summed E-state index contributed by atoms with van der Waals surface area (Å²) in [6, 6.07) is 6.63. The molecule has 0 spiro atoms. The van der Waals surface area contributed by atoms with Crippen LogP contribution in [0.2, 0.25) is 0 Å². The highest BCUT2D eigenvalue weighted by atomic mass is 19.4. The average Bonchev–Trinajstić information content (AvgIpc) is 2.46. The van der Waals surface area contributed by atoms with E-state index in [1.165, 1.54) is 0 Å². The van der Waals surface area contributed by atoms with Gasteiger partial charge < -0.3 is 15.8 Å². The highest BCUT2D eigenvalue weighted by molar-refractivity contribution is 5.97. The Kier molecular flexibility index (Phi) is 4.06. The Morgan fingerprint density at radius 2 is 1.95 bits per heavy atom. The number of nitrogens with zero attached hydrogens (tertiary/aromatic N) is 2. The fourth-order valence-electron chi connectivity index (χ4n) is 2.38. The number of piperidine rings is 1. The molecule has 1 atom stereocenters. The van der Waals surface area contributed by atoms with E-state index in [0.717, 1.165) is 0 Å². The van der Waals surface area contributed by atoms with Crippen LogP contribution in [0.1, 0.15) is 18.4 Å². The van der Waals surface area contributed by atoms with Crippen LogP contribution in [0.3, 0.4) is 0 Å². The number of rotatable bonds is 2. The van der Waals surface area contributed by atoms with Crippen molar-refractivity contribution in [3.05, 3.63) is 29.8 Å². The minimum Gasteiger partial charge on any atom is -0.409 e. The van der Waals surface area contributed by atoms with Crippen molar-refractivity contribution in [2.75, 3.05) is 18.0 Å². The van der Waals surface area contributed by atoms with Gasteiger partial charge in [-0.15, -0.1) is 0 Å². The maximum atomic E-state index is 12.8. The molecule has 0 saturated carbocycles. The molecule has 1 aliphatic rings. The summed E-state index contributed by atoms with van der Waals surface area (Å²) in [4.78, 5) is 1.72. The lowest BCUT2D eigenvalue weighted by molar-refractivity contribution is -0.175. The molecule has 0 amide bonds. The molecule has 0 aliphatic carbocycles. The predicted molar refractivity (Wildman–Crippen MR) is 69.9 cm³/mol. The van der Waals surface area contributed by atoms with E-state index in [1.807, 2.05) is 0 Å². The lowest BCUT2D eigenvalue weighted by atomic mass is 9.97. The topological polar surface area (TPSA) is 61.9 Å². The number of anilines is 1. The summed E-state index contributed by atoms with van der Waals surface area (Å²) in [5.41, 5.74) is 6.68. The van der Waals surface area contributed by atoms with Crippen LogP contribution in [0.5, 0.6) is 0 Å². The molecule has 1 saturated heterocycles. The molecular weight excluding hydrogens is 271 g/mol. The van der Waals surface area contributed by atoms with Crippen LogP contribution in [0.15, 0.2) is 29.4 Å². The number of hydrogen-bond acceptors (Lipinski definition) is 3. The van der Waals surface area contributed by atoms with Crippen molar-refractivity contribution in [3.8, 4) is 0 Å². The van der Waals surface area contributed by atoms with Crippen LogP contribution < -0.4 is 10.6 Å². The number of oxime groups is 1. The Balaban J connectivity index is 2.11. The summed E-state index contributed by atoms with van der Waals surface area (Å²) in [7, 11) is 0. The van der Waals surface area contributed by atoms with Crippen molar-refractivity contribution in [2.45, 2.75) is 19.0 Å². The van der Waals surface area contributed by atoms with Gasteiger partial charge in [0.25, 0.3) is 0 Å². The second kappa shape index (κ2) is 5.60. The summed E-state index contributed by atoms with van der Waals surface area (Å²) < 4.78 is 38.3. The van der Waals surface area contributed by atoms with Gasteiger partial charge in [0, 0.05) is 24.3 Å². The largest absolute Gasteiger partial charge is 0.409 e. The number of benzene rings is 1. The molecule has 1 heterocycles. The maximum absolute atomic E-state index is 12.8. The monoisotopic (exact) mass is 287 g/mol. The van der Waals surface area contributed by atoms with Gasteiger partial charge in [0.2, 0.25) is 0 Å². The third kappa shape index (κ3) is 3.15. The summed E-state index contributed by atoms with van der Waals surface area (Å²) in [6.45, 7) is 0.585. The molecule has 20 heavy (non-hydrogen) atoms. The second-order valence-corrected chi connectivity index (χ2v) is 4.86. The van der Waals surface area contributed by atoms with Gasteiger partial charge in [0.15, 0.2) is 5.84 Å². The van der Waals surface area contributed by atoms with Gasteiger partial charge in [-0.05, 0) is 37.1 Å². The fourth-order valence-corrected chi connectivity index (χ4v) is 2.38. The zero-order valence-corrected chi connectivity index (χ0v) is 10.8. The summed E-state index contributed by atoms with van der Waals surface area (Å²) in [5, 5.41) is 11.4. The molecular formula is C13H16F3N3O. The lowest BCUT2D eigenvalue weighted by Crippen LogP contribution is -2.41. The molecule has 1 aromatic carbocycles.